The van der Waals surface area contributed by atoms with Gasteiger partial charge in [-0.05, 0) is 62.8 Å². The van der Waals surface area contributed by atoms with Gasteiger partial charge in [-0.15, -0.1) is 0 Å². The lowest BCUT2D eigenvalue weighted by molar-refractivity contribution is -0.157. The van der Waals surface area contributed by atoms with Gasteiger partial charge >= 0.3 is 5.97 Å². The molecule has 31 heavy (non-hydrogen) atoms. The second kappa shape index (κ2) is 10.5. The molecule has 1 aromatic rings. The lowest BCUT2D eigenvalue weighted by Gasteiger charge is -2.35. The summed E-state index contributed by atoms with van der Waals surface area (Å²) in [6.45, 7) is 3.03. The van der Waals surface area contributed by atoms with Crippen molar-refractivity contribution in [3.05, 3.63) is 24.3 Å². The Morgan fingerprint density at radius 2 is 1.71 bits per heavy atom. The molecule has 1 amide bonds. The topological polar surface area (TPSA) is 93.2 Å². The van der Waals surface area contributed by atoms with Gasteiger partial charge in [0.05, 0.1) is 17.9 Å². The van der Waals surface area contributed by atoms with E-state index in [1.807, 2.05) is 4.90 Å². The average molecular weight is 453 g/mol. The van der Waals surface area contributed by atoms with Gasteiger partial charge in [0.25, 0.3) is 5.91 Å². The van der Waals surface area contributed by atoms with Crippen LogP contribution in [0, 0.1) is 5.92 Å². The van der Waals surface area contributed by atoms with Crippen LogP contribution in [0.15, 0.2) is 29.2 Å². The van der Waals surface area contributed by atoms with E-state index >= 15 is 0 Å². The second-order valence-corrected chi connectivity index (χ2v) is 10.0. The van der Waals surface area contributed by atoms with Crippen LogP contribution in [-0.4, -0.2) is 68.9 Å². The van der Waals surface area contributed by atoms with E-state index in [0.717, 1.165) is 32.2 Å². The molecule has 172 valence electrons. The second-order valence-electron chi connectivity index (χ2n) is 8.11. The van der Waals surface area contributed by atoms with E-state index in [-0.39, 0.29) is 36.5 Å². The Hall–Kier alpha value is -2.13. The van der Waals surface area contributed by atoms with E-state index in [9.17, 15) is 18.0 Å². The fourth-order valence-corrected chi connectivity index (χ4v) is 5.79. The summed E-state index contributed by atoms with van der Waals surface area (Å²) in [7, 11) is -2.10. The largest absolute Gasteiger partial charge is 0.497 e. The third-order valence-electron chi connectivity index (χ3n) is 6.24. The molecule has 0 radical (unpaired) electrons. The van der Waals surface area contributed by atoms with Crippen molar-refractivity contribution in [1.82, 2.24) is 9.21 Å². The molecule has 8 nitrogen and oxygen atoms in total. The number of methoxy groups -OCH3 is 1. The number of nitrogens with zero attached hydrogens (tertiary/aromatic N) is 2. The van der Waals surface area contributed by atoms with Gasteiger partial charge in [0.1, 0.15) is 5.75 Å². The molecule has 0 aliphatic carbocycles. The number of esters is 1. The highest BCUT2D eigenvalue weighted by atomic mass is 32.2. The number of hydrogen-bond acceptors (Lipinski definition) is 6. The maximum absolute atomic E-state index is 12.8. The molecule has 0 bridgehead atoms. The summed E-state index contributed by atoms with van der Waals surface area (Å²) in [5, 5.41) is 0. The number of carbonyl (C=O) groups excluding carboxylic acids is 2. The first-order chi connectivity index (χ1) is 14.9. The number of piperidine rings is 2. The number of amides is 1. The molecule has 2 saturated heterocycles. The van der Waals surface area contributed by atoms with E-state index in [0.29, 0.717) is 18.6 Å². The van der Waals surface area contributed by atoms with Crippen LogP contribution in [-0.2, 0) is 24.3 Å². The summed E-state index contributed by atoms with van der Waals surface area (Å²) < 4.78 is 37.4. The minimum absolute atomic E-state index is 0.139. The SMILES string of the molecule is CCC1CCCCN1C(=O)COC(=O)C1CCN(S(=O)(=O)c2ccc(OC)cc2)CC1. The van der Waals surface area contributed by atoms with Crippen LogP contribution >= 0.6 is 0 Å². The minimum atomic E-state index is -3.62. The van der Waals surface area contributed by atoms with E-state index < -0.39 is 21.9 Å². The first kappa shape index (κ1) is 23.5. The van der Waals surface area contributed by atoms with Crippen LogP contribution in [0.25, 0.3) is 0 Å². The van der Waals surface area contributed by atoms with Gasteiger partial charge in [-0.2, -0.15) is 4.31 Å². The van der Waals surface area contributed by atoms with Gasteiger partial charge in [0.2, 0.25) is 10.0 Å². The van der Waals surface area contributed by atoms with Crippen molar-refractivity contribution in [3.8, 4) is 5.75 Å². The molecule has 9 heteroatoms. The molecule has 0 spiro atoms. The van der Waals surface area contributed by atoms with Gasteiger partial charge in [0, 0.05) is 25.7 Å². The quantitative estimate of drug-likeness (QED) is 0.590. The summed E-state index contributed by atoms with van der Waals surface area (Å²) in [6.07, 6.45) is 4.77. The highest BCUT2D eigenvalue weighted by Gasteiger charge is 2.33. The van der Waals surface area contributed by atoms with Gasteiger partial charge in [-0.1, -0.05) is 6.92 Å². The molecule has 2 aliphatic heterocycles. The van der Waals surface area contributed by atoms with Gasteiger partial charge < -0.3 is 14.4 Å². The first-order valence-electron chi connectivity index (χ1n) is 11.0. The molecule has 2 heterocycles. The number of likely N-dealkylation sites (tertiary alicyclic amines) is 1. The Labute approximate surface area is 184 Å². The molecule has 0 aromatic heterocycles. The van der Waals surface area contributed by atoms with E-state index in [1.165, 1.54) is 23.5 Å². The Morgan fingerprint density at radius 3 is 2.32 bits per heavy atom. The van der Waals surface area contributed by atoms with E-state index in [1.54, 1.807) is 12.1 Å². The average Bonchev–Trinajstić information content (AvgIpc) is 2.82. The third-order valence-corrected chi connectivity index (χ3v) is 8.15. The zero-order chi connectivity index (χ0) is 22.4. The van der Waals surface area contributed by atoms with Crippen LogP contribution in [0.1, 0.15) is 45.4 Å². The van der Waals surface area contributed by atoms with Crippen molar-refractivity contribution in [2.75, 3.05) is 33.4 Å². The number of rotatable bonds is 7. The standard InChI is InChI=1S/C22H32N2O6S/c1-3-18-6-4-5-13-24(18)21(25)16-30-22(26)17-11-14-23(15-12-17)31(27,28)20-9-7-19(29-2)8-10-20/h7-10,17-18H,3-6,11-16H2,1-2H3. The van der Waals surface area contributed by atoms with Gasteiger partial charge in [-0.3, -0.25) is 9.59 Å². The molecule has 1 atom stereocenters. The summed E-state index contributed by atoms with van der Waals surface area (Å²) in [5.74, 6) is -0.359. The number of sulfonamides is 1. The summed E-state index contributed by atoms with van der Waals surface area (Å²) in [5.41, 5.74) is 0. The first-order valence-corrected chi connectivity index (χ1v) is 12.4. The summed E-state index contributed by atoms with van der Waals surface area (Å²) >= 11 is 0. The van der Waals surface area contributed by atoms with Crippen LogP contribution < -0.4 is 4.74 Å². The third kappa shape index (κ3) is 5.57. The smallest absolute Gasteiger partial charge is 0.309 e. The Balaban J connectivity index is 1.49. The van der Waals surface area contributed by atoms with Crippen molar-refractivity contribution < 1.29 is 27.5 Å². The van der Waals surface area contributed by atoms with Gasteiger partial charge in [-0.25, -0.2) is 8.42 Å². The van der Waals surface area contributed by atoms with Crippen LogP contribution in [0.3, 0.4) is 0 Å². The molecule has 0 N–H and O–H groups in total. The van der Waals surface area contributed by atoms with E-state index in [2.05, 4.69) is 6.92 Å². The van der Waals surface area contributed by atoms with Crippen LogP contribution in [0.2, 0.25) is 0 Å². The van der Waals surface area contributed by atoms with E-state index in [4.69, 9.17) is 9.47 Å². The molecular weight excluding hydrogens is 420 g/mol. The zero-order valence-corrected chi connectivity index (χ0v) is 19.1. The monoisotopic (exact) mass is 452 g/mol. The summed E-state index contributed by atoms with van der Waals surface area (Å²) in [4.78, 5) is 27.0. The molecule has 3 rings (SSSR count). The number of carbonyl (C=O) groups is 2. The predicted molar refractivity (Wildman–Crippen MR) is 115 cm³/mol. The Morgan fingerprint density at radius 1 is 1.03 bits per heavy atom. The predicted octanol–water partition coefficient (Wildman–Crippen LogP) is 2.43. The highest BCUT2D eigenvalue weighted by Crippen LogP contribution is 2.26. The van der Waals surface area contributed by atoms with Crippen molar-refractivity contribution in [1.29, 1.82) is 0 Å². The normalized spacial score (nSPS) is 21.0. The summed E-state index contributed by atoms with van der Waals surface area (Å²) in [6, 6.07) is 6.49. The Bertz CT molecular complexity index is 862. The number of benzene rings is 1. The number of ether oxygens (including phenoxy) is 2. The highest BCUT2D eigenvalue weighted by molar-refractivity contribution is 7.89. The molecule has 1 aromatic carbocycles. The molecule has 0 saturated carbocycles. The maximum atomic E-state index is 12.8. The number of hydrogen-bond donors (Lipinski definition) is 0. The van der Waals surface area contributed by atoms with Crippen molar-refractivity contribution in [2.24, 2.45) is 5.92 Å². The van der Waals surface area contributed by atoms with Crippen molar-refractivity contribution in [3.63, 3.8) is 0 Å². The molecule has 2 aliphatic rings. The molecule has 2 fully saturated rings. The fourth-order valence-electron chi connectivity index (χ4n) is 4.32. The van der Waals surface area contributed by atoms with Crippen molar-refractivity contribution in [2.45, 2.75) is 56.4 Å². The lowest BCUT2D eigenvalue weighted by Crippen LogP contribution is -2.46. The minimum Gasteiger partial charge on any atom is -0.497 e. The fraction of sp³-hybridized carbons (Fsp3) is 0.636. The molecular formula is C22H32N2O6S. The van der Waals surface area contributed by atoms with Crippen LogP contribution in [0.5, 0.6) is 5.75 Å². The zero-order valence-electron chi connectivity index (χ0n) is 18.3. The lowest BCUT2D eigenvalue weighted by atomic mass is 9.98. The van der Waals surface area contributed by atoms with Gasteiger partial charge in [0.15, 0.2) is 6.61 Å². The van der Waals surface area contributed by atoms with Crippen molar-refractivity contribution >= 4 is 21.9 Å². The Kier molecular flexibility index (Phi) is 7.94. The van der Waals surface area contributed by atoms with Crippen LogP contribution in [0.4, 0.5) is 0 Å². The molecule has 1 unspecified atom stereocenters. The maximum Gasteiger partial charge on any atom is 0.309 e.